The maximum absolute atomic E-state index is 12.7. The molecule has 0 atom stereocenters. The minimum Gasteiger partial charge on any atom is -0.493 e. The van der Waals surface area contributed by atoms with Gasteiger partial charge in [-0.3, -0.25) is 14.5 Å². The topological polar surface area (TPSA) is 67.9 Å². The quantitative estimate of drug-likeness (QED) is 0.353. The molecule has 28 heavy (non-hydrogen) atoms. The van der Waals surface area contributed by atoms with E-state index < -0.39 is 0 Å². The fourth-order valence-corrected chi connectivity index (χ4v) is 3.99. The second-order valence-corrected chi connectivity index (χ2v) is 7.93. The number of rotatable bonds is 10. The van der Waals surface area contributed by atoms with Gasteiger partial charge in [-0.25, -0.2) is 0 Å². The first-order valence-corrected chi connectivity index (χ1v) is 10.5. The molecule has 2 rings (SSSR count). The fraction of sp³-hybridized carbons (Fsp3) is 0.450. The highest BCUT2D eigenvalue weighted by Crippen LogP contribution is 2.34. The third-order valence-electron chi connectivity index (χ3n) is 4.22. The van der Waals surface area contributed by atoms with Crippen LogP contribution in [0.15, 0.2) is 23.1 Å². The molecule has 0 saturated carbocycles. The minimum atomic E-state index is -0.129. The number of thioether (sulfide) groups is 1. The van der Waals surface area contributed by atoms with Crippen molar-refractivity contribution in [2.75, 3.05) is 27.3 Å². The molecule has 8 heteroatoms. The Morgan fingerprint density at radius 3 is 2.68 bits per heavy atom. The predicted molar refractivity (Wildman–Crippen MR) is 117 cm³/mol. The summed E-state index contributed by atoms with van der Waals surface area (Å²) in [6.07, 6.45) is 4.77. The van der Waals surface area contributed by atoms with Crippen molar-refractivity contribution < 1.29 is 19.1 Å². The molecule has 1 saturated heterocycles. The first-order valence-electron chi connectivity index (χ1n) is 9.24. The van der Waals surface area contributed by atoms with Crippen LogP contribution in [0, 0.1) is 0 Å². The predicted octanol–water partition coefficient (Wildman–Crippen LogP) is 3.60. The third-order valence-corrected chi connectivity index (χ3v) is 5.59. The average Bonchev–Trinajstić information content (AvgIpc) is 2.95. The number of hydrogen-bond acceptors (Lipinski definition) is 6. The molecule has 0 aliphatic carbocycles. The molecule has 1 aromatic carbocycles. The molecule has 0 aromatic heterocycles. The Labute approximate surface area is 175 Å². The van der Waals surface area contributed by atoms with E-state index in [4.69, 9.17) is 21.7 Å². The summed E-state index contributed by atoms with van der Waals surface area (Å²) in [5.41, 5.74) is 0.827. The summed E-state index contributed by atoms with van der Waals surface area (Å²) < 4.78 is 11.0. The molecule has 6 nitrogen and oxygen atoms in total. The number of hydrogen-bond donors (Lipinski definition) is 1. The van der Waals surface area contributed by atoms with Crippen LogP contribution < -0.4 is 14.8 Å². The van der Waals surface area contributed by atoms with Crippen molar-refractivity contribution in [1.29, 1.82) is 0 Å². The lowest BCUT2D eigenvalue weighted by molar-refractivity contribution is -0.124. The Kier molecular flexibility index (Phi) is 8.79. The highest BCUT2D eigenvalue weighted by atomic mass is 32.2. The van der Waals surface area contributed by atoms with Crippen molar-refractivity contribution in [2.24, 2.45) is 0 Å². The summed E-state index contributed by atoms with van der Waals surface area (Å²) in [7, 11) is 3.15. The van der Waals surface area contributed by atoms with E-state index in [0.29, 0.717) is 46.7 Å². The van der Waals surface area contributed by atoms with Crippen LogP contribution in [-0.2, 0) is 9.59 Å². The Bertz CT molecular complexity index is 765. The average molecular weight is 423 g/mol. The van der Waals surface area contributed by atoms with Gasteiger partial charge in [0.15, 0.2) is 11.5 Å². The summed E-state index contributed by atoms with van der Waals surface area (Å²) in [4.78, 5) is 26.6. The number of amides is 2. The van der Waals surface area contributed by atoms with Crippen molar-refractivity contribution >= 4 is 46.2 Å². The van der Waals surface area contributed by atoms with E-state index in [2.05, 4.69) is 12.2 Å². The number of carbonyl (C=O) groups is 2. The van der Waals surface area contributed by atoms with Gasteiger partial charge in [0.25, 0.3) is 5.91 Å². The molecule has 0 radical (unpaired) electrons. The van der Waals surface area contributed by atoms with E-state index in [-0.39, 0.29) is 11.8 Å². The lowest BCUT2D eigenvalue weighted by Gasteiger charge is -2.14. The van der Waals surface area contributed by atoms with Gasteiger partial charge in [0.2, 0.25) is 5.91 Å². The SMILES string of the molecule is CCCCNC(=O)CCCN1C(=O)/C(=C/c2ccc(OC)c(OC)c2)SC1=S. The molecule has 0 spiro atoms. The molecule has 1 N–H and O–H groups in total. The lowest BCUT2D eigenvalue weighted by atomic mass is 10.2. The second kappa shape index (κ2) is 11.1. The van der Waals surface area contributed by atoms with Crippen LogP contribution >= 0.6 is 24.0 Å². The first-order chi connectivity index (χ1) is 13.5. The van der Waals surface area contributed by atoms with Crippen molar-refractivity contribution in [2.45, 2.75) is 32.6 Å². The number of ether oxygens (including phenoxy) is 2. The van der Waals surface area contributed by atoms with Crippen LogP contribution in [0.2, 0.25) is 0 Å². The van der Waals surface area contributed by atoms with Crippen molar-refractivity contribution in [1.82, 2.24) is 10.2 Å². The van der Waals surface area contributed by atoms with Crippen LogP contribution in [-0.4, -0.2) is 48.3 Å². The number of benzene rings is 1. The van der Waals surface area contributed by atoms with Gasteiger partial charge >= 0.3 is 0 Å². The van der Waals surface area contributed by atoms with Gasteiger partial charge in [0.1, 0.15) is 4.32 Å². The van der Waals surface area contributed by atoms with Gasteiger partial charge in [0, 0.05) is 19.5 Å². The van der Waals surface area contributed by atoms with Crippen molar-refractivity contribution in [3.8, 4) is 11.5 Å². The molecule has 1 aromatic rings. The molecule has 0 bridgehead atoms. The van der Waals surface area contributed by atoms with Crippen LogP contribution in [0.3, 0.4) is 0 Å². The highest BCUT2D eigenvalue weighted by Gasteiger charge is 2.31. The van der Waals surface area contributed by atoms with Gasteiger partial charge in [-0.2, -0.15) is 0 Å². The van der Waals surface area contributed by atoms with Crippen LogP contribution in [0.25, 0.3) is 6.08 Å². The Morgan fingerprint density at radius 1 is 1.25 bits per heavy atom. The van der Waals surface area contributed by atoms with Gasteiger partial charge in [-0.1, -0.05) is 43.4 Å². The Balaban J connectivity index is 1.95. The van der Waals surface area contributed by atoms with Crippen LogP contribution in [0.4, 0.5) is 0 Å². The maximum atomic E-state index is 12.7. The van der Waals surface area contributed by atoms with Gasteiger partial charge in [-0.15, -0.1) is 0 Å². The molecular weight excluding hydrogens is 396 g/mol. The molecular formula is C20H26N2O4S2. The van der Waals surface area contributed by atoms with Gasteiger partial charge in [0.05, 0.1) is 19.1 Å². The third kappa shape index (κ3) is 5.97. The molecule has 1 aliphatic heterocycles. The molecule has 1 fully saturated rings. The summed E-state index contributed by atoms with van der Waals surface area (Å²) in [6.45, 7) is 3.22. The van der Waals surface area contributed by atoms with Gasteiger partial charge in [-0.05, 0) is 36.6 Å². The zero-order valence-corrected chi connectivity index (χ0v) is 18.1. The largest absolute Gasteiger partial charge is 0.493 e. The molecule has 2 amide bonds. The number of unbranched alkanes of at least 4 members (excludes halogenated alkanes) is 1. The summed E-state index contributed by atoms with van der Waals surface area (Å²) in [5.74, 6) is 1.11. The molecule has 1 heterocycles. The van der Waals surface area contributed by atoms with E-state index in [1.54, 1.807) is 31.3 Å². The zero-order valence-electron chi connectivity index (χ0n) is 16.4. The minimum absolute atomic E-state index is 0.0137. The standard InChI is InChI=1S/C20H26N2O4S2/c1-4-5-10-21-18(23)7-6-11-22-19(24)17(28-20(22)27)13-14-8-9-15(25-2)16(12-14)26-3/h8-9,12-13H,4-7,10-11H2,1-3H3,(H,21,23)/b17-13-. The van der Waals surface area contributed by atoms with Crippen molar-refractivity contribution in [3.63, 3.8) is 0 Å². The number of nitrogens with zero attached hydrogens (tertiary/aromatic N) is 1. The van der Waals surface area contributed by atoms with Crippen LogP contribution in [0.5, 0.6) is 11.5 Å². The summed E-state index contributed by atoms with van der Waals surface area (Å²) in [6, 6.07) is 5.46. The Hall–Kier alpha value is -2.06. The number of carbonyl (C=O) groups excluding carboxylic acids is 2. The lowest BCUT2D eigenvalue weighted by Crippen LogP contribution is -2.30. The van der Waals surface area contributed by atoms with E-state index in [1.807, 2.05) is 12.1 Å². The molecule has 0 unspecified atom stereocenters. The number of thiocarbonyl (C=S) groups is 1. The Morgan fingerprint density at radius 2 is 2.00 bits per heavy atom. The monoisotopic (exact) mass is 422 g/mol. The summed E-state index contributed by atoms with van der Waals surface area (Å²) in [5, 5.41) is 2.88. The normalized spacial score (nSPS) is 15.2. The molecule has 152 valence electrons. The summed E-state index contributed by atoms with van der Waals surface area (Å²) >= 11 is 6.62. The fourth-order valence-electron chi connectivity index (χ4n) is 2.68. The number of nitrogens with one attached hydrogen (secondary N) is 1. The number of methoxy groups -OCH3 is 2. The van der Waals surface area contributed by atoms with Crippen LogP contribution in [0.1, 0.15) is 38.2 Å². The molecule has 1 aliphatic rings. The van der Waals surface area contributed by atoms with E-state index in [0.717, 1.165) is 18.4 Å². The smallest absolute Gasteiger partial charge is 0.266 e. The van der Waals surface area contributed by atoms with Gasteiger partial charge < -0.3 is 14.8 Å². The maximum Gasteiger partial charge on any atom is 0.266 e. The van der Waals surface area contributed by atoms with E-state index in [1.165, 1.54) is 11.8 Å². The van der Waals surface area contributed by atoms with E-state index >= 15 is 0 Å². The second-order valence-electron chi connectivity index (χ2n) is 6.25. The zero-order chi connectivity index (χ0) is 20.5. The van der Waals surface area contributed by atoms with Crippen molar-refractivity contribution in [3.05, 3.63) is 28.7 Å². The van der Waals surface area contributed by atoms with E-state index in [9.17, 15) is 9.59 Å². The highest BCUT2D eigenvalue weighted by molar-refractivity contribution is 8.26. The first kappa shape index (κ1) is 22.2.